The molecule has 0 saturated heterocycles. The summed E-state index contributed by atoms with van der Waals surface area (Å²) in [6.45, 7) is 2.58. The number of aliphatic hydroxyl groups is 1. The number of carbonyl (C=O) groups excluding carboxylic acids is 1. The van der Waals surface area contributed by atoms with Gasteiger partial charge in [0.2, 0.25) is 0 Å². The Morgan fingerprint density at radius 3 is 2.85 bits per heavy atom. The predicted octanol–water partition coefficient (Wildman–Crippen LogP) is 0.975. The summed E-state index contributed by atoms with van der Waals surface area (Å²) in [6, 6.07) is 9.30. The van der Waals surface area contributed by atoms with Crippen LogP contribution in [0.3, 0.4) is 0 Å². The Labute approximate surface area is 117 Å². The minimum absolute atomic E-state index is 0.0742. The number of rotatable bonds is 5. The van der Waals surface area contributed by atoms with Gasteiger partial charge in [-0.1, -0.05) is 24.3 Å². The quantitative estimate of drug-likeness (QED) is 0.558. The van der Waals surface area contributed by atoms with E-state index in [2.05, 4.69) is 10.4 Å². The predicted molar refractivity (Wildman–Crippen MR) is 78.2 cm³/mol. The number of benzene rings is 1. The van der Waals surface area contributed by atoms with Crippen LogP contribution in [0.2, 0.25) is 0 Å². The number of fused-ring (bicyclic) bond motifs is 1. The number of hydrogen-bond donors (Lipinski definition) is 3. The van der Waals surface area contributed by atoms with Crippen molar-refractivity contribution in [3.8, 4) is 0 Å². The van der Waals surface area contributed by atoms with Crippen molar-refractivity contribution in [3.05, 3.63) is 36.0 Å². The zero-order chi connectivity index (χ0) is 14.5. The standard InChI is InChI=1S/C14H18N4O2/c1-2-18(7-8-19)14(20)12-9-10-5-3-4-6-11(10)13(16-12)17-15/h3-6,9,19H,2,7-8,15H2,1H3,(H,16,17). The van der Waals surface area contributed by atoms with Gasteiger partial charge in [-0.05, 0) is 18.4 Å². The highest BCUT2D eigenvalue weighted by atomic mass is 16.3. The third-order valence-corrected chi connectivity index (χ3v) is 3.14. The van der Waals surface area contributed by atoms with Gasteiger partial charge >= 0.3 is 0 Å². The first-order valence-electron chi connectivity index (χ1n) is 6.47. The molecule has 1 heterocycles. The van der Waals surface area contributed by atoms with Gasteiger partial charge in [0.15, 0.2) is 0 Å². The van der Waals surface area contributed by atoms with E-state index in [1.165, 1.54) is 4.90 Å². The first-order chi connectivity index (χ1) is 9.71. The van der Waals surface area contributed by atoms with E-state index in [-0.39, 0.29) is 19.1 Å². The number of carbonyl (C=O) groups is 1. The molecule has 1 aromatic heterocycles. The van der Waals surface area contributed by atoms with Crippen LogP contribution in [-0.4, -0.2) is 40.6 Å². The van der Waals surface area contributed by atoms with E-state index in [0.717, 1.165) is 10.8 Å². The van der Waals surface area contributed by atoms with Gasteiger partial charge in [-0.15, -0.1) is 0 Å². The van der Waals surface area contributed by atoms with Crippen LogP contribution in [0.25, 0.3) is 10.8 Å². The van der Waals surface area contributed by atoms with Crippen LogP contribution in [0.1, 0.15) is 17.4 Å². The molecule has 0 spiro atoms. The van der Waals surface area contributed by atoms with Gasteiger partial charge in [-0.3, -0.25) is 4.79 Å². The number of anilines is 1. The van der Waals surface area contributed by atoms with Crippen molar-refractivity contribution in [2.75, 3.05) is 25.1 Å². The third-order valence-electron chi connectivity index (χ3n) is 3.14. The minimum Gasteiger partial charge on any atom is -0.395 e. The molecule has 0 saturated carbocycles. The second-order valence-corrected chi connectivity index (χ2v) is 4.33. The summed E-state index contributed by atoms with van der Waals surface area (Å²) in [7, 11) is 0. The summed E-state index contributed by atoms with van der Waals surface area (Å²) in [5.74, 6) is 5.72. The largest absolute Gasteiger partial charge is 0.395 e. The summed E-state index contributed by atoms with van der Waals surface area (Å²) in [5, 5.41) is 10.7. The summed E-state index contributed by atoms with van der Waals surface area (Å²) < 4.78 is 0. The maximum Gasteiger partial charge on any atom is 0.272 e. The molecule has 0 aliphatic rings. The number of pyridine rings is 1. The Balaban J connectivity index is 2.46. The second-order valence-electron chi connectivity index (χ2n) is 4.33. The Kier molecular flexibility index (Phi) is 4.49. The third kappa shape index (κ3) is 2.71. The molecule has 2 rings (SSSR count). The summed E-state index contributed by atoms with van der Waals surface area (Å²) in [5.41, 5.74) is 2.83. The maximum absolute atomic E-state index is 12.4. The van der Waals surface area contributed by atoms with Crippen molar-refractivity contribution < 1.29 is 9.90 Å². The van der Waals surface area contributed by atoms with Gasteiger partial charge in [0.1, 0.15) is 11.5 Å². The first-order valence-corrected chi connectivity index (χ1v) is 6.47. The normalized spacial score (nSPS) is 10.6. The lowest BCUT2D eigenvalue weighted by Gasteiger charge is -2.19. The smallest absolute Gasteiger partial charge is 0.272 e. The van der Waals surface area contributed by atoms with E-state index in [9.17, 15) is 4.79 Å². The molecule has 2 aromatic rings. The lowest BCUT2D eigenvalue weighted by Crippen LogP contribution is -2.34. The fourth-order valence-corrected chi connectivity index (χ4v) is 2.10. The van der Waals surface area contributed by atoms with Gasteiger partial charge in [-0.25, -0.2) is 10.8 Å². The van der Waals surface area contributed by atoms with Crippen molar-refractivity contribution in [1.82, 2.24) is 9.88 Å². The zero-order valence-electron chi connectivity index (χ0n) is 11.3. The maximum atomic E-state index is 12.4. The highest BCUT2D eigenvalue weighted by molar-refractivity contribution is 6.00. The Morgan fingerprint density at radius 1 is 1.45 bits per heavy atom. The highest BCUT2D eigenvalue weighted by Crippen LogP contribution is 2.22. The molecule has 0 fully saturated rings. The number of aliphatic hydroxyl groups excluding tert-OH is 1. The Morgan fingerprint density at radius 2 is 2.20 bits per heavy atom. The van der Waals surface area contributed by atoms with Crippen LogP contribution in [-0.2, 0) is 0 Å². The lowest BCUT2D eigenvalue weighted by atomic mass is 10.1. The van der Waals surface area contributed by atoms with E-state index in [1.54, 1.807) is 6.07 Å². The van der Waals surface area contributed by atoms with Gasteiger partial charge in [0, 0.05) is 18.5 Å². The van der Waals surface area contributed by atoms with Crippen molar-refractivity contribution in [2.24, 2.45) is 5.84 Å². The molecule has 0 unspecified atom stereocenters. The Bertz CT molecular complexity index is 615. The molecular formula is C14H18N4O2. The number of nitrogens with zero attached hydrogens (tertiary/aromatic N) is 2. The van der Waals surface area contributed by atoms with Gasteiger partial charge in [0.25, 0.3) is 5.91 Å². The summed E-state index contributed by atoms with van der Waals surface area (Å²) in [4.78, 5) is 18.2. The number of nitrogens with one attached hydrogen (secondary N) is 1. The molecule has 0 radical (unpaired) electrons. The van der Waals surface area contributed by atoms with Crippen LogP contribution in [0.5, 0.6) is 0 Å². The number of nitrogen functional groups attached to an aromatic ring is 1. The molecule has 0 aliphatic heterocycles. The van der Waals surface area contributed by atoms with Gasteiger partial charge in [-0.2, -0.15) is 0 Å². The van der Waals surface area contributed by atoms with Crippen molar-refractivity contribution >= 4 is 22.5 Å². The van der Waals surface area contributed by atoms with Gasteiger partial charge < -0.3 is 15.4 Å². The van der Waals surface area contributed by atoms with Crippen LogP contribution in [0.15, 0.2) is 30.3 Å². The van der Waals surface area contributed by atoms with E-state index in [1.807, 2.05) is 31.2 Å². The molecule has 0 aliphatic carbocycles. The van der Waals surface area contributed by atoms with E-state index >= 15 is 0 Å². The topological polar surface area (TPSA) is 91.5 Å². The Hall–Kier alpha value is -2.18. The summed E-state index contributed by atoms with van der Waals surface area (Å²) >= 11 is 0. The number of nitrogens with two attached hydrogens (primary N) is 1. The van der Waals surface area contributed by atoms with Crippen molar-refractivity contribution in [3.63, 3.8) is 0 Å². The van der Waals surface area contributed by atoms with Crippen molar-refractivity contribution in [2.45, 2.75) is 6.92 Å². The molecule has 0 atom stereocenters. The van der Waals surface area contributed by atoms with Crippen LogP contribution in [0, 0.1) is 0 Å². The minimum atomic E-state index is -0.219. The van der Waals surface area contributed by atoms with Gasteiger partial charge in [0.05, 0.1) is 6.61 Å². The SMILES string of the molecule is CCN(CCO)C(=O)c1cc2ccccc2c(NN)n1. The molecule has 0 bridgehead atoms. The van der Waals surface area contributed by atoms with Crippen LogP contribution in [0.4, 0.5) is 5.82 Å². The monoisotopic (exact) mass is 274 g/mol. The first kappa shape index (κ1) is 14.2. The fourth-order valence-electron chi connectivity index (χ4n) is 2.10. The molecule has 1 amide bonds. The molecule has 1 aromatic carbocycles. The van der Waals surface area contributed by atoms with E-state index in [4.69, 9.17) is 10.9 Å². The highest BCUT2D eigenvalue weighted by Gasteiger charge is 2.17. The molecule has 106 valence electrons. The number of amides is 1. The average molecular weight is 274 g/mol. The van der Waals surface area contributed by atoms with Crippen LogP contribution < -0.4 is 11.3 Å². The number of likely N-dealkylation sites (N-methyl/N-ethyl adjacent to an activating group) is 1. The molecule has 6 heteroatoms. The molecular weight excluding hydrogens is 256 g/mol. The van der Waals surface area contributed by atoms with Crippen molar-refractivity contribution in [1.29, 1.82) is 0 Å². The number of aromatic nitrogens is 1. The summed E-state index contributed by atoms with van der Waals surface area (Å²) in [6.07, 6.45) is 0. The zero-order valence-corrected chi connectivity index (χ0v) is 11.3. The van der Waals surface area contributed by atoms with E-state index in [0.29, 0.717) is 18.1 Å². The molecule has 4 N–H and O–H groups in total. The fraction of sp³-hybridized carbons (Fsp3) is 0.286. The molecule has 6 nitrogen and oxygen atoms in total. The molecule has 20 heavy (non-hydrogen) atoms. The lowest BCUT2D eigenvalue weighted by molar-refractivity contribution is 0.0726. The van der Waals surface area contributed by atoms with Crippen LogP contribution >= 0.6 is 0 Å². The number of hydrogen-bond acceptors (Lipinski definition) is 5. The number of hydrazine groups is 1. The second kappa shape index (κ2) is 6.31. The van der Waals surface area contributed by atoms with E-state index < -0.39 is 0 Å². The average Bonchev–Trinajstić information content (AvgIpc) is 2.50.